The minimum absolute atomic E-state index is 0.301. The molecule has 0 bridgehead atoms. The van der Waals surface area contributed by atoms with E-state index in [2.05, 4.69) is 6.07 Å². The van der Waals surface area contributed by atoms with Crippen molar-refractivity contribution in [3.63, 3.8) is 0 Å². The van der Waals surface area contributed by atoms with E-state index < -0.39 is 0 Å². The normalized spacial score (nSPS) is 12.4. The Morgan fingerprint density at radius 2 is 2.22 bits per heavy atom. The average Bonchev–Trinajstić information content (AvgIpc) is 2.81. The summed E-state index contributed by atoms with van der Waals surface area (Å²) in [5.41, 5.74) is 6.16. The second-order valence-corrected chi connectivity index (χ2v) is 5.18. The molecule has 1 aromatic carbocycles. The van der Waals surface area contributed by atoms with E-state index in [1.807, 2.05) is 11.4 Å². The fraction of sp³-hybridized carbons (Fsp3) is 0.286. The highest BCUT2D eigenvalue weighted by Crippen LogP contribution is 2.21. The van der Waals surface area contributed by atoms with Gasteiger partial charge in [0.1, 0.15) is 11.6 Å². The van der Waals surface area contributed by atoms with E-state index >= 15 is 0 Å². The zero-order valence-electron chi connectivity index (χ0n) is 10.2. The first kappa shape index (κ1) is 13.1. The molecular weight excluding hydrogens is 249 g/mol. The van der Waals surface area contributed by atoms with Gasteiger partial charge in [-0.15, -0.1) is 11.3 Å². The highest BCUT2D eigenvalue weighted by Gasteiger charge is 2.08. The molecule has 4 heteroatoms. The van der Waals surface area contributed by atoms with Crippen molar-refractivity contribution in [3.05, 3.63) is 52.0 Å². The van der Waals surface area contributed by atoms with Crippen molar-refractivity contribution < 1.29 is 9.13 Å². The first-order chi connectivity index (χ1) is 8.66. The Labute approximate surface area is 110 Å². The maximum atomic E-state index is 13.6. The van der Waals surface area contributed by atoms with Gasteiger partial charge in [0.25, 0.3) is 0 Å². The zero-order chi connectivity index (χ0) is 13.0. The predicted molar refractivity (Wildman–Crippen MR) is 72.5 cm³/mol. The lowest BCUT2D eigenvalue weighted by Crippen LogP contribution is -2.08. The van der Waals surface area contributed by atoms with Gasteiger partial charge in [-0.2, -0.15) is 0 Å². The van der Waals surface area contributed by atoms with Gasteiger partial charge in [0, 0.05) is 29.0 Å². The standard InChI is InChI=1S/C14H16FNOS/c1-10(16)13-5-4-11(9-14(13)15)17-7-6-12-3-2-8-18-12/h2-5,8-10H,6-7,16H2,1H3/t10-/m0/s1. The largest absolute Gasteiger partial charge is 0.493 e. The Hall–Kier alpha value is -1.39. The number of benzene rings is 1. The molecule has 2 nitrogen and oxygen atoms in total. The third-order valence-corrected chi connectivity index (χ3v) is 3.60. The van der Waals surface area contributed by atoms with Crippen LogP contribution in [0.2, 0.25) is 0 Å². The van der Waals surface area contributed by atoms with Crippen molar-refractivity contribution >= 4 is 11.3 Å². The molecule has 1 aromatic heterocycles. The van der Waals surface area contributed by atoms with E-state index in [4.69, 9.17) is 10.5 Å². The molecule has 96 valence electrons. The first-order valence-corrected chi connectivity index (χ1v) is 6.75. The minimum Gasteiger partial charge on any atom is -0.493 e. The number of hydrogen-bond donors (Lipinski definition) is 1. The lowest BCUT2D eigenvalue weighted by Gasteiger charge is -2.10. The minimum atomic E-state index is -0.307. The fourth-order valence-electron chi connectivity index (χ4n) is 1.69. The number of thiophene rings is 1. The van der Waals surface area contributed by atoms with Gasteiger partial charge in [0.15, 0.2) is 0 Å². The second-order valence-electron chi connectivity index (χ2n) is 4.15. The quantitative estimate of drug-likeness (QED) is 0.897. The number of hydrogen-bond acceptors (Lipinski definition) is 3. The Morgan fingerprint density at radius 1 is 1.39 bits per heavy atom. The molecule has 2 rings (SSSR count). The molecule has 0 amide bonds. The van der Waals surface area contributed by atoms with E-state index in [1.54, 1.807) is 30.4 Å². The molecule has 1 heterocycles. The van der Waals surface area contributed by atoms with Gasteiger partial charge in [-0.1, -0.05) is 12.1 Å². The van der Waals surface area contributed by atoms with E-state index in [1.165, 1.54) is 10.9 Å². The van der Waals surface area contributed by atoms with Crippen molar-refractivity contribution in [1.29, 1.82) is 0 Å². The van der Waals surface area contributed by atoms with Gasteiger partial charge in [-0.3, -0.25) is 0 Å². The lowest BCUT2D eigenvalue weighted by molar-refractivity contribution is 0.321. The Balaban J connectivity index is 1.92. The van der Waals surface area contributed by atoms with Gasteiger partial charge in [0.2, 0.25) is 0 Å². The monoisotopic (exact) mass is 265 g/mol. The van der Waals surface area contributed by atoms with Crippen LogP contribution in [0.15, 0.2) is 35.7 Å². The summed E-state index contributed by atoms with van der Waals surface area (Å²) >= 11 is 1.70. The highest BCUT2D eigenvalue weighted by atomic mass is 32.1. The molecule has 0 aliphatic carbocycles. The molecule has 1 atom stereocenters. The lowest BCUT2D eigenvalue weighted by atomic mass is 10.1. The summed E-state index contributed by atoms with van der Waals surface area (Å²) in [5, 5.41) is 2.03. The van der Waals surface area contributed by atoms with Crippen LogP contribution in [0.5, 0.6) is 5.75 Å². The molecule has 0 radical (unpaired) electrons. The number of nitrogens with two attached hydrogens (primary N) is 1. The van der Waals surface area contributed by atoms with Crippen LogP contribution >= 0.6 is 11.3 Å². The van der Waals surface area contributed by atoms with Crippen LogP contribution in [0.4, 0.5) is 4.39 Å². The van der Waals surface area contributed by atoms with Gasteiger partial charge < -0.3 is 10.5 Å². The molecule has 18 heavy (non-hydrogen) atoms. The SMILES string of the molecule is C[C@H](N)c1ccc(OCCc2cccs2)cc1F. The molecule has 0 aliphatic rings. The molecule has 0 fully saturated rings. The first-order valence-electron chi connectivity index (χ1n) is 5.87. The van der Waals surface area contributed by atoms with Crippen LogP contribution < -0.4 is 10.5 Å². The number of halogens is 1. The highest BCUT2D eigenvalue weighted by molar-refractivity contribution is 7.09. The van der Waals surface area contributed by atoms with Gasteiger partial charge in [-0.25, -0.2) is 4.39 Å². The summed E-state index contributed by atoms with van der Waals surface area (Å²) < 4.78 is 19.2. The Morgan fingerprint density at radius 3 is 2.83 bits per heavy atom. The Bertz CT molecular complexity index is 497. The van der Waals surface area contributed by atoms with E-state index in [-0.39, 0.29) is 11.9 Å². The van der Waals surface area contributed by atoms with Crippen LogP contribution in [0.25, 0.3) is 0 Å². The van der Waals surface area contributed by atoms with Crippen molar-refractivity contribution in [2.45, 2.75) is 19.4 Å². The molecule has 0 aliphatic heterocycles. The second kappa shape index (κ2) is 5.98. The third kappa shape index (κ3) is 3.31. The fourth-order valence-corrected chi connectivity index (χ4v) is 2.38. The molecular formula is C14H16FNOS. The maximum Gasteiger partial charge on any atom is 0.131 e. The summed E-state index contributed by atoms with van der Waals surface area (Å²) in [5.74, 6) is 0.243. The molecule has 0 spiro atoms. The van der Waals surface area contributed by atoms with Crippen LogP contribution in [0.1, 0.15) is 23.4 Å². The summed E-state index contributed by atoms with van der Waals surface area (Å²) in [7, 11) is 0. The summed E-state index contributed by atoms with van der Waals surface area (Å²) in [6.07, 6.45) is 0.842. The van der Waals surface area contributed by atoms with Crippen molar-refractivity contribution in [1.82, 2.24) is 0 Å². The van der Waals surface area contributed by atoms with Gasteiger partial charge in [0.05, 0.1) is 6.61 Å². The summed E-state index contributed by atoms with van der Waals surface area (Å²) in [6, 6.07) is 8.61. The van der Waals surface area contributed by atoms with Crippen molar-refractivity contribution in [2.75, 3.05) is 6.61 Å². The topological polar surface area (TPSA) is 35.2 Å². The van der Waals surface area contributed by atoms with E-state index in [0.29, 0.717) is 17.9 Å². The smallest absolute Gasteiger partial charge is 0.131 e. The molecule has 0 unspecified atom stereocenters. The van der Waals surface area contributed by atoms with Crippen molar-refractivity contribution in [3.8, 4) is 5.75 Å². The molecule has 0 saturated heterocycles. The average molecular weight is 265 g/mol. The van der Waals surface area contributed by atoms with E-state index in [9.17, 15) is 4.39 Å². The van der Waals surface area contributed by atoms with Gasteiger partial charge in [-0.05, 0) is 24.4 Å². The summed E-state index contributed by atoms with van der Waals surface area (Å²) in [4.78, 5) is 1.27. The zero-order valence-corrected chi connectivity index (χ0v) is 11.0. The van der Waals surface area contributed by atoms with Crippen LogP contribution in [0, 0.1) is 5.82 Å². The third-order valence-electron chi connectivity index (χ3n) is 2.66. The van der Waals surface area contributed by atoms with E-state index in [0.717, 1.165) is 6.42 Å². The molecule has 2 aromatic rings. The van der Waals surface area contributed by atoms with Crippen LogP contribution in [0.3, 0.4) is 0 Å². The Kier molecular flexibility index (Phi) is 4.33. The molecule has 0 saturated carbocycles. The number of ether oxygens (including phenoxy) is 1. The van der Waals surface area contributed by atoms with Crippen molar-refractivity contribution in [2.24, 2.45) is 5.73 Å². The van der Waals surface area contributed by atoms with Crippen LogP contribution in [-0.2, 0) is 6.42 Å². The van der Waals surface area contributed by atoms with Gasteiger partial charge >= 0.3 is 0 Å². The summed E-state index contributed by atoms with van der Waals surface area (Å²) in [6.45, 7) is 2.31. The predicted octanol–water partition coefficient (Wildman–Crippen LogP) is 3.53. The number of rotatable bonds is 5. The maximum absolute atomic E-state index is 13.6. The van der Waals surface area contributed by atoms with Crippen LogP contribution in [-0.4, -0.2) is 6.61 Å². The molecule has 2 N–H and O–H groups in total.